The molecule has 2 unspecified atom stereocenters. The van der Waals surface area contributed by atoms with Gasteiger partial charge in [0.05, 0.1) is 6.04 Å². The number of amides is 1. The number of hydrogen-bond acceptors (Lipinski definition) is 5. The van der Waals surface area contributed by atoms with E-state index in [0.717, 1.165) is 37.8 Å². The van der Waals surface area contributed by atoms with Crippen LogP contribution >= 0.6 is 0 Å². The van der Waals surface area contributed by atoms with Crippen LogP contribution < -0.4 is 10.6 Å². The number of nitrogens with zero attached hydrogens (tertiary/aromatic N) is 1. The molecule has 26 heavy (non-hydrogen) atoms. The second-order valence-electron chi connectivity index (χ2n) is 6.86. The third-order valence-electron chi connectivity index (χ3n) is 4.59. The Kier molecular flexibility index (Phi) is 9.47. The highest BCUT2D eigenvalue weighted by Crippen LogP contribution is 2.21. The van der Waals surface area contributed by atoms with Crippen LogP contribution in [0.15, 0.2) is 23.5 Å². The van der Waals surface area contributed by atoms with Crippen LogP contribution in [-0.2, 0) is 14.4 Å². The van der Waals surface area contributed by atoms with Crippen molar-refractivity contribution in [2.45, 2.75) is 51.5 Å². The summed E-state index contributed by atoms with van der Waals surface area (Å²) >= 11 is 0. The van der Waals surface area contributed by atoms with Crippen LogP contribution in [0.25, 0.3) is 0 Å². The van der Waals surface area contributed by atoms with E-state index in [4.69, 9.17) is 5.11 Å². The van der Waals surface area contributed by atoms with Crippen molar-refractivity contribution in [3.8, 4) is 0 Å². The number of nitrogens with one attached hydrogen (secondary N) is 2. The second-order valence-corrected chi connectivity index (χ2v) is 6.86. The minimum absolute atomic E-state index is 0.0720. The summed E-state index contributed by atoms with van der Waals surface area (Å²) in [4.78, 5) is 35.4. The number of allylic oxidation sites excluding steroid dienone is 4. The largest absolute Gasteiger partial charge is 0.481 e. The Labute approximate surface area is 155 Å². The maximum absolute atomic E-state index is 11.3. The summed E-state index contributed by atoms with van der Waals surface area (Å²) in [5, 5.41) is 14.6. The van der Waals surface area contributed by atoms with Gasteiger partial charge < -0.3 is 25.4 Å². The van der Waals surface area contributed by atoms with Gasteiger partial charge in [-0.15, -0.1) is 0 Å². The summed E-state index contributed by atoms with van der Waals surface area (Å²) in [6.45, 7) is 2.78. The minimum atomic E-state index is -0.753. The molecule has 1 amide bonds. The van der Waals surface area contributed by atoms with Crippen LogP contribution in [0.5, 0.6) is 0 Å². The quantitative estimate of drug-likeness (QED) is 0.455. The molecule has 0 bridgehead atoms. The van der Waals surface area contributed by atoms with Crippen LogP contribution in [0.3, 0.4) is 0 Å². The highest BCUT2D eigenvalue weighted by atomic mass is 16.4. The van der Waals surface area contributed by atoms with E-state index in [-0.39, 0.29) is 24.3 Å². The predicted molar refractivity (Wildman–Crippen MR) is 100 cm³/mol. The van der Waals surface area contributed by atoms with E-state index in [0.29, 0.717) is 12.8 Å². The Hall–Kier alpha value is -2.31. The molecule has 0 heterocycles. The Morgan fingerprint density at radius 2 is 2.04 bits per heavy atom. The van der Waals surface area contributed by atoms with Gasteiger partial charge in [0.1, 0.15) is 6.29 Å². The lowest BCUT2D eigenvalue weighted by Crippen LogP contribution is -2.32. The molecule has 0 fully saturated rings. The zero-order valence-corrected chi connectivity index (χ0v) is 16.0. The average Bonchev–Trinajstić information content (AvgIpc) is 2.62. The molecule has 3 N–H and O–H groups in total. The number of carbonyl (C=O) groups excluding carboxylic acids is 2. The van der Waals surface area contributed by atoms with Gasteiger partial charge >= 0.3 is 5.97 Å². The van der Waals surface area contributed by atoms with Gasteiger partial charge in [-0.05, 0) is 43.8 Å². The molecule has 0 aromatic heterocycles. The minimum Gasteiger partial charge on any atom is -0.481 e. The first kappa shape index (κ1) is 21.7. The van der Waals surface area contributed by atoms with Gasteiger partial charge in [0.2, 0.25) is 5.91 Å². The van der Waals surface area contributed by atoms with E-state index >= 15 is 0 Å². The second kappa shape index (κ2) is 11.3. The number of aldehydes is 1. The van der Waals surface area contributed by atoms with E-state index in [1.807, 2.05) is 26.1 Å². The van der Waals surface area contributed by atoms with Crippen molar-refractivity contribution in [1.29, 1.82) is 0 Å². The molecule has 1 rings (SSSR count). The number of carboxylic acid groups (broad SMARTS) is 1. The molecule has 0 spiro atoms. The van der Waals surface area contributed by atoms with E-state index in [2.05, 4.69) is 15.5 Å². The van der Waals surface area contributed by atoms with Gasteiger partial charge in [-0.25, -0.2) is 0 Å². The Morgan fingerprint density at radius 1 is 1.31 bits per heavy atom. The first-order valence-electron chi connectivity index (χ1n) is 9.10. The predicted octanol–water partition coefficient (Wildman–Crippen LogP) is 1.66. The van der Waals surface area contributed by atoms with Crippen molar-refractivity contribution in [3.05, 3.63) is 23.5 Å². The first-order valence-corrected chi connectivity index (χ1v) is 9.10. The fourth-order valence-electron chi connectivity index (χ4n) is 2.85. The maximum atomic E-state index is 11.3. The molecule has 146 valence electrons. The maximum Gasteiger partial charge on any atom is 0.303 e. The molecule has 0 aliphatic heterocycles. The normalized spacial score (nSPS) is 16.0. The van der Waals surface area contributed by atoms with Crippen molar-refractivity contribution in [3.63, 3.8) is 0 Å². The van der Waals surface area contributed by atoms with Gasteiger partial charge in [-0.3, -0.25) is 9.59 Å². The topological polar surface area (TPSA) is 98.7 Å². The van der Waals surface area contributed by atoms with Crippen LogP contribution in [-0.4, -0.2) is 54.9 Å². The lowest BCUT2D eigenvalue weighted by atomic mass is 10.0. The third kappa shape index (κ3) is 8.18. The van der Waals surface area contributed by atoms with Gasteiger partial charge in [-0.1, -0.05) is 6.92 Å². The molecular weight excluding hydrogens is 334 g/mol. The third-order valence-corrected chi connectivity index (χ3v) is 4.59. The molecule has 7 heteroatoms. The molecule has 0 saturated carbocycles. The number of carboxylic acids is 1. The molecule has 2 atom stereocenters. The smallest absolute Gasteiger partial charge is 0.303 e. The number of rotatable bonds is 12. The molecule has 0 saturated heterocycles. The zero-order valence-electron chi connectivity index (χ0n) is 16.0. The molecule has 0 aromatic carbocycles. The molecule has 7 nitrogen and oxygen atoms in total. The summed E-state index contributed by atoms with van der Waals surface area (Å²) < 4.78 is 0. The van der Waals surface area contributed by atoms with E-state index in [9.17, 15) is 14.4 Å². The van der Waals surface area contributed by atoms with Gasteiger partial charge in [0, 0.05) is 44.9 Å². The van der Waals surface area contributed by atoms with E-state index < -0.39 is 5.97 Å². The molecule has 0 radical (unpaired) electrons. The van der Waals surface area contributed by atoms with Gasteiger partial charge in [0.15, 0.2) is 0 Å². The molecular formula is C19H31N3O4. The summed E-state index contributed by atoms with van der Waals surface area (Å²) in [6, 6.07) is -0.358. The highest BCUT2D eigenvalue weighted by Gasteiger charge is 2.15. The zero-order chi connectivity index (χ0) is 19.5. The Morgan fingerprint density at radius 3 is 2.58 bits per heavy atom. The lowest BCUT2D eigenvalue weighted by Gasteiger charge is -2.27. The van der Waals surface area contributed by atoms with Crippen molar-refractivity contribution in [1.82, 2.24) is 15.5 Å². The standard InChI is InChI=1S/C19H31N3O4/c1-14(12-19(25)26)10-11-22(3)17-7-4-15(5-8-17)21-16(13-23)6-9-18(24)20-2/h4,7,13-14,16,21H,5-6,8-12H2,1-3H3,(H,20,24)(H,25,26). The SMILES string of the molecule is CNC(=O)CCC(C=O)NC1=CC=C(N(C)CCC(C)CC(=O)O)CC1. The van der Waals surface area contributed by atoms with Gasteiger partial charge in [-0.2, -0.15) is 0 Å². The summed E-state index contributed by atoms with van der Waals surface area (Å²) in [5.41, 5.74) is 2.20. The van der Waals surface area contributed by atoms with Crippen LogP contribution in [0.1, 0.15) is 45.4 Å². The fourth-order valence-corrected chi connectivity index (χ4v) is 2.85. The highest BCUT2D eigenvalue weighted by molar-refractivity contribution is 5.76. The van der Waals surface area contributed by atoms with Gasteiger partial charge in [0.25, 0.3) is 0 Å². The number of aliphatic carboxylic acids is 1. The van der Waals surface area contributed by atoms with Crippen molar-refractivity contribution < 1.29 is 19.5 Å². The van der Waals surface area contributed by atoms with Crippen molar-refractivity contribution in [2.24, 2.45) is 5.92 Å². The van der Waals surface area contributed by atoms with E-state index in [1.165, 1.54) is 5.70 Å². The average molecular weight is 365 g/mol. The number of hydrogen-bond donors (Lipinski definition) is 3. The summed E-state index contributed by atoms with van der Waals surface area (Å²) in [7, 11) is 3.60. The lowest BCUT2D eigenvalue weighted by molar-refractivity contribution is -0.138. The van der Waals surface area contributed by atoms with Crippen LogP contribution in [0, 0.1) is 5.92 Å². The Balaban J connectivity index is 2.47. The van der Waals surface area contributed by atoms with Crippen molar-refractivity contribution >= 4 is 18.2 Å². The fraction of sp³-hybridized carbons (Fsp3) is 0.632. The van der Waals surface area contributed by atoms with Crippen molar-refractivity contribution in [2.75, 3.05) is 20.6 Å². The molecule has 1 aliphatic carbocycles. The Bertz CT molecular complexity index is 557. The van der Waals surface area contributed by atoms with E-state index in [1.54, 1.807) is 7.05 Å². The van der Waals surface area contributed by atoms with Crippen LogP contribution in [0.4, 0.5) is 0 Å². The molecule has 0 aromatic rings. The van der Waals surface area contributed by atoms with Crippen LogP contribution in [0.2, 0.25) is 0 Å². The molecule has 1 aliphatic rings. The monoisotopic (exact) mass is 365 g/mol. The number of carbonyl (C=O) groups is 3. The first-order chi connectivity index (χ1) is 12.3. The summed E-state index contributed by atoms with van der Waals surface area (Å²) in [5.74, 6) is -0.672. The summed E-state index contributed by atoms with van der Waals surface area (Å²) in [6.07, 6.45) is 8.36.